The zero-order valence-corrected chi connectivity index (χ0v) is 9.50. The van der Waals surface area contributed by atoms with E-state index in [0.29, 0.717) is 12.5 Å². The van der Waals surface area contributed by atoms with Gasteiger partial charge in [-0.15, -0.1) is 0 Å². The van der Waals surface area contributed by atoms with Crippen LogP contribution in [0.4, 0.5) is 14.6 Å². The van der Waals surface area contributed by atoms with Gasteiger partial charge in [0, 0.05) is 18.9 Å². The van der Waals surface area contributed by atoms with Crippen LogP contribution in [0, 0.1) is 5.92 Å². The molecule has 2 N–H and O–H groups in total. The van der Waals surface area contributed by atoms with Crippen molar-refractivity contribution in [2.75, 3.05) is 25.0 Å². The Morgan fingerprint density at radius 1 is 1.41 bits per heavy atom. The Bertz CT molecular complexity index is 353. The molecular weight excluding hydrogens is 226 g/mol. The third kappa shape index (κ3) is 3.33. The van der Waals surface area contributed by atoms with Gasteiger partial charge in [0.2, 0.25) is 0 Å². The van der Waals surface area contributed by atoms with Crippen molar-refractivity contribution in [1.29, 1.82) is 0 Å². The average molecular weight is 242 g/mol. The summed E-state index contributed by atoms with van der Waals surface area (Å²) in [5.41, 5.74) is -0.267. The van der Waals surface area contributed by atoms with Gasteiger partial charge >= 0.3 is 0 Å². The highest BCUT2D eigenvalue weighted by molar-refractivity contribution is 5.39. The highest BCUT2D eigenvalue weighted by Crippen LogP contribution is 2.22. The maximum absolute atomic E-state index is 12.6. The van der Waals surface area contributed by atoms with Crippen LogP contribution in [0.1, 0.15) is 25.0 Å². The largest absolute Gasteiger partial charge is 0.368 e. The minimum Gasteiger partial charge on any atom is -0.368 e. The van der Waals surface area contributed by atoms with E-state index in [9.17, 15) is 8.78 Å². The number of alkyl halides is 2. The van der Waals surface area contributed by atoms with Crippen molar-refractivity contribution in [2.45, 2.75) is 19.3 Å². The van der Waals surface area contributed by atoms with E-state index in [-0.39, 0.29) is 11.5 Å². The first-order valence-electron chi connectivity index (χ1n) is 5.81. The van der Waals surface area contributed by atoms with E-state index in [4.69, 9.17) is 0 Å². The van der Waals surface area contributed by atoms with E-state index in [2.05, 4.69) is 20.6 Å². The van der Waals surface area contributed by atoms with Crippen molar-refractivity contribution in [3.8, 4) is 0 Å². The Morgan fingerprint density at radius 2 is 2.24 bits per heavy atom. The van der Waals surface area contributed by atoms with E-state index < -0.39 is 6.43 Å². The predicted octanol–water partition coefficient (Wildman–Crippen LogP) is 1.83. The van der Waals surface area contributed by atoms with E-state index in [1.54, 1.807) is 0 Å². The summed E-state index contributed by atoms with van der Waals surface area (Å²) < 4.78 is 25.2. The first kappa shape index (κ1) is 12.2. The molecule has 1 aliphatic heterocycles. The zero-order valence-electron chi connectivity index (χ0n) is 9.50. The monoisotopic (exact) mass is 242 g/mol. The van der Waals surface area contributed by atoms with Gasteiger partial charge in [-0.25, -0.2) is 18.7 Å². The third-order valence-electron chi connectivity index (χ3n) is 2.94. The standard InChI is InChI=1S/C11H16F2N4/c12-10(13)9-11(17-6-5-15-9)16-4-2-8-1-3-14-7-8/h5-6,8,10,14H,1-4,7H2,(H,16,17). The first-order chi connectivity index (χ1) is 8.27. The van der Waals surface area contributed by atoms with Crippen molar-refractivity contribution in [3.05, 3.63) is 18.1 Å². The van der Waals surface area contributed by atoms with Crippen LogP contribution in [0.3, 0.4) is 0 Å². The van der Waals surface area contributed by atoms with Crippen LogP contribution in [0.2, 0.25) is 0 Å². The lowest BCUT2D eigenvalue weighted by atomic mass is 10.1. The van der Waals surface area contributed by atoms with E-state index >= 15 is 0 Å². The fraction of sp³-hybridized carbons (Fsp3) is 0.636. The van der Waals surface area contributed by atoms with E-state index in [1.807, 2.05) is 0 Å². The molecule has 2 rings (SSSR count). The molecular formula is C11H16F2N4. The smallest absolute Gasteiger partial charge is 0.283 e. The molecule has 1 unspecified atom stereocenters. The third-order valence-corrected chi connectivity index (χ3v) is 2.94. The van der Waals surface area contributed by atoms with Gasteiger partial charge in [0.25, 0.3) is 6.43 Å². The molecule has 0 aromatic carbocycles. The Kier molecular flexibility index (Phi) is 4.19. The summed E-state index contributed by atoms with van der Waals surface area (Å²) in [6.07, 6.45) is 2.24. The number of nitrogens with zero attached hydrogens (tertiary/aromatic N) is 2. The lowest BCUT2D eigenvalue weighted by molar-refractivity contribution is 0.146. The normalized spacial score (nSPS) is 19.8. The maximum atomic E-state index is 12.6. The van der Waals surface area contributed by atoms with E-state index in [1.165, 1.54) is 12.4 Å². The molecule has 1 saturated heterocycles. The Hall–Kier alpha value is -1.30. The Balaban J connectivity index is 1.85. The number of aromatic nitrogens is 2. The van der Waals surface area contributed by atoms with Crippen molar-refractivity contribution < 1.29 is 8.78 Å². The molecule has 0 bridgehead atoms. The number of rotatable bonds is 5. The lowest BCUT2D eigenvalue weighted by Gasteiger charge is -2.11. The first-order valence-corrected chi connectivity index (χ1v) is 5.81. The molecule has 1 fully saturated rings. The second kappa shape index (κ2) is 5.86. The van der Waals surface area contributed by atoms with Gasteiger partial charge < -0.3 is 10.6 Å². The van der Waals surface area contributed by atoms with Gasteiger partial charge in [-0.1, -0.05) is 0 Å². The summed E-state index contributed by atoms with van der Waals surface area (Å²) in [6, 6.07) is 0. The molecule has 6 heteroatoms. The van der Waals surface area contributed by atoms with E-state index in [0.717, 1.165) is 25.9 Å². The van der Waals surface area contributed by atoms with Gasteiger partial charge in [0.15, 0.2) is 5.82 Å². The summed E-state index contributed by atoms with van der Waals surface area (Å²) in [7, 11) is 0. The lowest BCUT2D eigenvalue weighted by Crippen LogP contribution is -2.14. The summed E-state index contributed by atoms with van der Waals surface area (Å²) >= 11 is 0. The molecule has 0 aliphatic carbocycles. The second-order valence-electron chi connectivity index (χ2n) is 4.17. The highest BCUT2D eigenvalue weighted by atomic mass is 19.3. The van der Waals surface area contributed by atoms with Crippen LogP contribution in [-0.2, 0) is 0 Å². The number of hydrogen-bond donors (Lipinski definition) is 2. The predicted molar refractivity (Wildman–Crippen MR) is 61.1 cm³/mol. The average Bonchev–Trinajstić information content (AvgIpc) is 2.82. The van der Waals surface area contributed by atoms with Gasteiger partial charge in [0.05, 0.1) is 0 Å². The molecule has 0 spiro atoms. The van der Waals surface area contributed by atoms with Crippen LogP contribution in [0.25, 0.3) is 0 Å². The number of hydrogen-bond acceptors (Lipinski definition) is 4. The summed E-state index contributed by atoms with van der Waals surface area (Å²) in [6.45, 7) is 2.73. The van der Waals surface area contributed by atoms with Crippen LogP contribution >= 0.6 is 0 Å². The summed E-state index contributed by atoms with van der Waals surface area (Å²) in [5.74, 6) is 0.836. The fourth-order valence-electron chi connectivity index (χ4n) is 2.00. The minimum absolute atomic E-state index is 0.202. The van der Waals surface area contributed by atoms with Crippen LogP contribution < -0.4 is 10.6 Å². The SMILES string of the molecule is FC(F)c1nccnc1NCCC1CCNC1. The Morgan fingerprint density at radius 3 is 2.94 bits per heavy atom. The van der Waals surface area contributed by atoms with Crippen molar-refractivity contribution >= 4 is 5.82 Å². The van der Waals surface area contributed by atoms with Gasteiger partial charge in [-0.3, -0.25) is 0 Å². The van der Waals surface area contributed by atoms with Gasteiger partial charge in [-0.05, 0) is 31.8 Å². The zero-order chi connectivity index (χ0) is 12.1. The number of nitrogens with one attached hydrogen (secondary N) is 2. The molecule has 1 aromatic rings. The Labute approximate surface area is 98.9 Å². The molecule has 4 nitrogen and oxygen atoms in total. The van der Waals surface area contributed by atoms with Gasteiger partial charge in [0.1, 0.15) is 5.69 Å². The molecule has 1 atom stereocenters. The topological polar surface area (TPSA) is 49.8 Å². The van der Waals surface area contributed by atoms with Crippen molar-refractivity contribution in [3.63, 3.8) is 0 Å². The van der Waals surface area contributed by atoms with Crippen LogP contribution in [-0.4, -0.2) is 29.6 Å². The van der Waals surface area contributed by atoms with Gasteiger partial charge in [-0.2, -0.15) is 0 Å². The summed E-state index contributed by atoms with van der Waals surface area (Å²) in [5, 5.41) is 6.21. The molecule has 1 aliphatic rings. The second-order valence-corrected chi connectivity index (χ2v) is 4.17. The molecule has 94 valence electrons. The number of halogens is 2. The molecule has 0 radical (unpaired) electrons. The molecule has 0 saturated carbocycles. The highest BCUT2D eigenvalue weighted by Gasteiger charge is 2.17. The molecule has 0 amide bonds. The fourth-order valence-corrected chi connectivity index (χ4v) is 2.00. The van der Waals surface area contributed by atoms with Crippen LogP contribution in [0.15, 0.2) is 12.4 Å². The molecule has 1 aromatic heterocycles. The quantitative estimate of drug-likeness (QED) is 0.827. The maximum Gasteiger partial charge on any atom is 0.283 e. The number of anilines is 1. The molecule has 2 heterocycles. The van der Waals surface area contributed by atoms with Crippen molar-refractivity contribution in [1.82, 2.24) is 15.3 Å². The van der Waals surface area contributed by atoms with Crippen LogP contribution in [0.5, 0.6) is 0 Å². The summed E-state index contributed by atoms with van der Waals surface area (Å²) in [4.78, 5) is 7.54. The minimum atomic E-state index is -2.58. The molecule has 17 heavy (non-hydrogen) atoms. The van der Waals surface area contributed by atoms with Crippen molar-refractivity contribution in [2.24, 2.45) is 5.92 Å².